The zero-order valence-electron chi connectivity index (χ0n) is 5.32. The lowest BCUT2D eigenvalue weighted by atomic mass is 10.4. The molecule has 0 aliphatic carbocycles. The molecule has 2 rings (SSSR count). The summed E-state index contributed by atoms with van der Waals surface area (Å²) in [6.07, 6.45) is 6.75. The highest BCUT2D eigenvalue weighted by atomic mass is 32.1. The molecule has 10 heavy (non-hydrogen) atoms. The number of hydrogen-bond donors (Lipinski definition) is 0. The highest BCUT2D eigenvalue weighted by Crippen LogP contribution is 1.84. The van der Waals surface area contributed by atoms with Gasteiger partial charge in [-0.05, 0) is 0 Å². The summed E-state index contributed by atoms with van der Waals surface area (Å²) in [6, 6.07) is 0. The van der Waals surface area contributed by atoms with E-state index in [0.29, 0.717) is 0 Å². The maximum Gasteiger partial charge on any atom is 0.0991 e. The van der Waals surface area contributed by atoms with Gasteiger partial charge in [0.15, 0.2) is 0 Å². The molecule has 0 radical (unpaired) electrons. The van der Waals surface area contributed by atoms with E-state index in [1.807, 2.05) is 11.7 Å². The molecule has 0 amide bonds. The van der Waals surface area contributed by atoms with Gasteiger partial charge in [-0.25, -0.2) is 4.98 Å². The van der Waals surface area contributed by atoms with Gasteiger partial charge in [-0.15, -0.1) is 11.3 Å². The summed E-state index contributed by atoms with van der Waals surface area (Å²) >= 11 is 1.66. The zero-order chi connectivity index (χ0) is 6.81. The van der Waals surface area contributed by atoms with E-state index in [1.165, 1.54) is 4.53 Å². The average molecular weight is 150 g/mol. The summed E-state index contributed by atoms with van der Waals surface area (Å²) in [5, 5.41) is 0.999. The van der Waals surface area contributed by atoms with Gasteiger partial charge in [-0.1, -0.05) is 6.08 Å². The van der Waals surface area contributed by atoms with Crippen molar-refractivity contribution in [2.75, 3.05) is 0 Å². The number of thiazole rings is 1. The quantitative estimate of drug-likeness (QED) is 0.516. The molecule has 1 aliphatic heterocycles. The van der Waals surface area contributed by atoms with Crippen LogP contribution in [-0.2, 0) is 0 Å². The third-order valence-electron chi connectivity index (χ3n) is 1.33. The Labute approximate surface area is 62.3 Å². The first kappa shape index (κ1) is 5.80. The Morgan fingerprint density at radius 3 is 3.50 bits per heavy atom. The summed E-state index contributed by atoms with van der Waals surface area (Å²) in [6.45, 7) is 0. The highest BCUT2D eigenvalue weighted by Gasteiger charge is 1.88. The van der Waals surface area contributed by atoms with Crippen LogP contribution in [0.1, 0.15) is 6.42 Å². The Hall–Kier alpha value is -0.960. The molecule has 0 fully saturated rings. The van der Waals surface area contributed by atoms with Crippen LogP contribution in [-0.4, -0.2) is 11.2 Å². The molecular weight excluding hydrogens is 144 g/mol. The molecule has 1 aromatic heterocycles. The molecule has 50 valence electrons. The summed E-state index contributed by atoms with van der Waals surface area (Å²) in [5.74, 6) is 0. The van der Waals surface area contributed by atoms with E-state index in [0.717, 1.165) is 11.8 Å². The van der Waals surface area contributed by atoms with Crippen molar-refractivity contribution in [2.45, 2.75) is 6.42 Å². The second kappa shape index (κ2) is 2.34. The fourth-order valence-electron chi connectivity index (χ4n) is 0.857. The van der Waals surface area contributed by atoms with Crippen LogP contribution in [0.2, 0.25) is 0 Å². The van der Waals surface area contributed by atoms with Gasteiger partial charge in [0.05, 0.1) is 21.6 Å². The van der Waals surface area contributed by atoms with Crippen LogP contribution in [0.5, 0.6) is 0 Å². The van der Waals surface area contributed by atoms with Crippen molar-refractivity contribution >= 4 is 29.8 Å². The van der Waals surface area contributed by atoms with Crippen LogP contribution in [0.15, 0.2) is 10.5 Å². The average Bonchev–Trinajstić information content (AvgIpc) is 2.28. The van der Waals surface area contributed by atoms with Gasteiger partial charge in [-0.2, -0.15) is 0 Å². The van der Waals surface area contributed by atoms with Gasteiger partial charge in [-0.3, -0.25) is 4.99 Å². The third-order valence-corrected chi connectivity index (χ3v) is 2.18. The molecule has 2 nitrogen and oxygen atoms in total. The Bertz CT molecular complexity index is 361. The highest BCUT2D eigenvalue weighted by molar-refractivity contribution is 7.07. The van der Waals surface area contributed by atoms with Crippen LogP contribution in [0, 0.1) is 0 Å². The topological polar surface area (TPSA) is 25.2 Å². The number of nitrogens with zero attached hydrogens (tertiary/aromatic N) is 2. The number of aromatic nitrogens is 1. The van der Waals surface area contributed by atoms with Crippen molar-refractivity contribution < 1.29 is 0 Å². The first-order chi connectivity index (χ1) is 4.97. The largest absolute Gasteiger partial charge is 0.266 e. The Balaban J connectivity index is 2.82. The summed E-state index contributed by atoms with van der Waals surface area (Å²) in [5.41, 5.74) is 1.85. The molecule has 1 aromatic rings. The van der Waals surface area contributed by atoms with E-state index in [1.54, 1.807) is 17.5 Å². The van der Waals surface area contributed by atoms with Crippen LogP contribution in [0.3, 0.4) is 0 Å². The van der Waals surface area contributed by atoms with Crippen LogP contribution in [0.25, 0.3) is 12.3 Å². The molecule has 3 heteroatoms. The number of hydrogen-bond acceptors (Lipinski definition) is 3. The van der Waals surface area contributed by atoms with Gasteiger partial charge < -0.3 is 0 Å². The van der Waals surface area contributed by atoms with Crippen molar-refractivity contribution in [3.8, 4) is 0 Å². The van der Waals surface area contributed by atoms with Crippen molar-refractivity contribution in [1.29, 1.82) is 0 Å². The van der Waals surface area contributed by atoms with E-state index in [-0.39, 0.29) is 0 Å². The van der Waals surface area contributed by atoms with E-state index < -0.39 is 0 Å². The van der Waals surface area contributed by atoms with E-state index in [2.05, 4.69) is 16.1 Å². The zero-order valence-corrected chi connectivity index (χ0v) is 6.14. The van der Waals surface area contributed by atoms with E-state index in [9.17, 15) is 0 Å². The fourth-order valence-corrected chi connectivity index (χ4v) is 1.56. The standard InChI is InChI=1S/C7H6N2S/c1-2-7-6(4-8-3-1)9-5-10-7/h2-5H,1H2. The first-order valence-corrected chi connectivity index (χ1v) is 3.96. The molecule has 0 atom stereocenters. The smallest absolute Gasteiger partial charge is 0.0991 e. The summed E-state index contributed by atoms with van der Waals surface area (Å²) in [4.78, 5) is 8.18. The van der Waals surface area contributed by atoms with Crippen LogP contribution in [0.4, 0.5) is 0 Å². The molecule has 0 N–H and O–H groups in total. The normalized spacial score (nSPS) is 14.8. The van der Waals surface area contributed by atoms with Crippen molar-refractivity contribution in [1.82, 2.24) is 4.98 Å². The van der Waals surface area contributed by atoms with Crippen molar-refractivity contribution in [3.05, 3.63) is 15.4 Å². The third kappa shape index (κ3) is 0.885. The predicted octanol–water partition coefficient (Wildman–Crippen LogP) is 0.136. The Kier molecular flexibility index (Phi) is 1.36. The number of aliphatic imine (C=N–C) groups is 1. The van der Waals surface area contributed by atoms with Crippen molar-refractivity contribution in [2.24, 2.45) is 4.99 Å². The van der Waals surface area contributed by atoms with Gasteiger partial charge in [0, 0.05) is 12.6 Å². The van der Waals surface area contributed by atoms with Gasteiger partial charge in [0.1, 0.15) is 0 Å². The number of rotatable bonds is 0. The summed E-state index contributed by atoms with van der Waals surface area (Å²) in [7, 11) is 0. The SMILES string of the molecule is C1=NC=c2ncsc2=CC1. The van der Waals surface area contributed by atoms with E-state index >= 15 is 0 Å². The van der Waals surface area contributed by atoms with Gasteiger partial charge >= 0.3 is 0 Å². The monoisotopic (exact) mass is 150 g/mol. The maximum atomic E-state index is 4.13. The molecule has 0 aromatic carbocycles. The molecular formula is C7H6N2S. The molecule has 0 unspecified atom stereocenters. The van der Waals surface area contributed by atoms with Crippen LogP contribution >= 0.6 is 11.3 Å². The molecule has 0 bridgehead atoms. The molecule has 0 spiro atoms. The molecule has 0 saturated heterocycles. The van der Waals surface area contributed by atoms with Crippen molar-refractivity contribution in [3.63, 3.8) is 0 Å². The number of fused-ring (bicyclic) bond motifs is 1. The van der Waals surface area contributed by atoms with E-state index in [4.69, 9.17) is 0 Å². The molecule has 2 heterocycles. The minimum Gasteiger partial charge on any atom is -0.266 e. The van der Waals surface area contributed by atoms with Crippen LogP contribution < -0.4 is 9.88 Å². The van der Waals surface area contributed by atoms with Gasteiger partial charge in [0.25, 0.3) is 0 Å². The lowest BCUT2D eigenvalue weighted by Crippen LogP contribution is -2.19. The Morgan fingerprint density at radius 2 is 2.50 bits per heavy atom. The second-order valence-corrected chi connectivity index (χ2v) is 2.89. The Morgan fingerprint density at radius 1 is 1.50 bits per heavy atom. The minimum atomic E-state index is 0.922. The lowest BCUT2D eigenvalue weighted by Gasteiger charge is -1.71. The predicted molar refractivity (Wildman–Crippen MR) is 43.4 cm³/mol. The van der Waals surface area contributed by atoms with Gasteiger partial charge in [0.2, 0.25) is 0 Å². The second-order valence-electron chi connectivity index (χ2n) is 2.00. The maximum absolute atomic E-state index is 4.13. The summed E-state index contributed by atoms with van der Waals surface area (Å²) < 4.78 is 1.23. The fraction of sp³-hybridized carbons (Fsp3) is 0.143. The molecule has 0 saturated carbocycles. The minimum absolute atomic E-state index is 0.922. The first-order valence-electron chi connectivity index (χ1n) is 3.08. The lowest BCUT2D eigenvalue weighted by molar-refractivity contribution is 1.31. The molecule has 1 aliphatic rings.